The Morgan fingerprint density at radius 1 is 1.39 bits per heavy atom. The van der Waals surface area contributed by atoms with Gasteiger partial charge in [0.05, 0.1) is 16.4 Å². The maximum Gasteiger partial charge on any atom is 0.281 e. The fourth-order valence-electron chi connectivity index (χ4n) is 2.60. The minimum Gasteiger partial charge on any atom is -0.327 e. The molecule has 2 aromatic rings. The van der Waals surface area contributed by atoms with Crippen LogP contribution < -0.4 is 10.2 Å². The lowest BCUT2D eigenvalue weighted by atomic mass is 10.2. The molecular weight excluding hydrogens is 326 g/mol. The maximum absolute atomic E-state index is 12.7. The summed E-state index contributed by atoms with van der Waals surface area (Å²) < 4.78 is 0. The molecule has 1 aliphatic carbocycles. The molecule has 1 amide bonds. The Bertz CT molecular complexity index is 836. The van der Waals surface area contributed by atoms with Gasteiger partial charge in [0.2, 0.25) is 0 Å². The first-order chi connectivity index (χ1) is 11.1. The topological polar surface area (TPSA) is 45.2 Å². The van der Waals surface area contributed by atoms with Crippen molar-refractivity contribution < 1.29 is 4.79 Å². The Balaban J connectivity index is 1.63. The van der Waals surface area contributed by atoms with Gasteiger partial charge < -0.3 is 5.32 Å². The fourth-order valence-corrected chi connectivity index (χ4v) is 3.84. The SMILES string of the molecule is Cc1ccccc1N1C(=O)/C(=C/c2csc(C3CC3)n2)NC1=S. The maximum atomic E-state index is 12.7. The number of para-hydroxylation sites is 1. The third-order valence-corrected chi connectivity index (χ3v) is 5.30. The van der Waals surface area contributed by atoms with E-state index < -0.39 is 0 Å². The number of aryl methyl sites for hydroxylation is 1. The van der Waals surface area contributed by atoms with Gasteiger partial charge in [-0.25, -0.2) is 4.98 Å². The highest BCUT2D eigenvalue weighted by atomic mass is 32.1. The lowest BCUT2D eigenvalue weighted by Crippen LogP contribution is -2.30. The number of rotatable bonds is 3. The normalized spacial score (nSPS) is 19.5. The molecule has 1 N–H and O–H groups in total. The molecule has 0 unspecified atom stereocenters. The van der Waals surface area contributed by atoms with Crippen LogP contribution in [0, 0.1) is 6.92 Å². The van der Waals surface area contributed by atoms with Crippen molar-refractivity contribution in [3.63, 3.8) is 0 Å². The summed E-state index contributed by atoms with van der Waals surface area (Å²) in [5, 5.41) is 6.59. The highest BCUT2D eigenvalue weighted by Gasteiger charge is 2.33. The fraction of sp³-hybridized carbons (Fsp3) is 0.235. The second kappa shape index (κ2) is 5.54. The van der Waals surface area contributed by atoms with Crippen molar-refractivity contribution in [3.05, 3.63) is 51.6 Å². The standard InChI is InChI=1S/C17H15N3OS2/c1-10-4-2-3-5-14(10)20-16(21)13(19-17(20)22)8-12-9-23-15(18-12)11-6-7-11/h2-5,8-9,11H,6-7H2,1H3,(H,19,22)/b13-8-. The van der Waals surface area contributed by atoms with Gasteiger partial charge in [-0.1, -0.05) is 18.2 Å². The molecule has 2 fully saturated rings. The molecule has 1 aliphatic heterocycles. The van der Waals surface area contributed by atoms with Gasteiger partial charge in [-0.15, -0.1) is 11.3 Å². The predicted molar refractivity (Wildman–Crippen MR) is 96.5 cm³/mol. The van der Waals surface area contributed by atoms with Crippen LogP contribution >= 0.6 is 23.6 Å². The van der Waals surface area contributed by atoms with E-state index in [-0.39, 0.29) is 5.91 Å². The molecule has 4 rings (SSSR count). The number of carbonyl (C=O) groups excluding carboxylic acids is 1. The monoisotopic (exact) mass is 341 g/mol. The molecule has 1 aromatic carbocycles. The quantitative estimate of drug-likeness (QED) is 0.684. The summed E-state index contributed by atoms with van der Waals surface area (Å²) in [6.07, 6.45) is 4.24. The summed E-state index contributed by atoms with van der Waals surface area (Å²) in [6.45, 7) is 1.97. The van der Waals surface area contributed by atoms with Gasteiger partial charge in [-0.3, -0.25) is 9.69 Å². The number of anilines is 1. The summed E-state index contributed by atoms with van der Waals surface area (Å²) in [6, 6.07) is 7.72. The van der Waals surface area contributed by atoms with Gasteiger partial charge in [-0.2, -0.15) is 0 Å². The summed E-state index contributed by atoms with van der Waals surface area (Å²) in [5.41, 5.74) is 3.12. The first kappa shape index (κ1) is 14.5. The van der Waals surface area contributed by atoms with Crippen LogP contribution in [0.5, 0.6) is 0 Å². The highest BCUT2D eigenvalue weighted by Crippen LogP contribution is 2.41. The van der Waals surface area contributed by atoms with Crippen molar-refractivity contribution in [3.8, 4) is 0 Å². The molecule has 116 valence electrons. The second-order valence-electron chi connectivity index (χ2n) is 5.80. The van der Waals surface area contributed by atoms with Crippen LogP contribution in [-0.4, -0.2) is 16.0 Å². The number of amides is 1. The predicted octanol–water partition coefficient (Wildman–Crippen LogP) is 3.59. The van der Waals surface area contributed by atoms with E-state index in [0.29, 0.717) is 16.7 Å². The number of benzene rings is 1. The van der Waals surface area contributed by atoms with Gasteiger partial charge in [0.1, 0.15) is 5.70 Å². The number of nitrogens with one attached hydrogen (secondary N) is 1. The van der Waals surface area contributed by atoms with E-state index in [0.717, 1.165) is 16.9 Å². The molecule has 0 atom stereocenters. The van der Waals surface area contributed by atoms with Crippen molar-refractivity contribution in [2.45, 2.75) is 25.7 Å². The van der Waals surface area contributed by atoms with Gasteiger partial charge in [0.15, 0.2) is 5.11 Å². The first-order valence-electron chi connectivity index (χ1n) is 7.51. The van der Waals surface area contributed by atoms with E-state index in [1.165, 1.54) is 17.8 Å². The minimum absolute atomic E-state index is 0.134. The average molecular weight is 341 g/mol. The number of carbonyl (C=O) groups is 1. The minimum atomic E-state index is -0.134. The van der Waals surface area contributed by atoms with Crippen molar-refractivity contribution in [1.29, 1.82) is 0 Å². The summed E-state index contributed by atoms with van der Waals surface area (Å²) >= 11 is 7.01. The lowest BCUT2D eigenvalue weighted by molar-refractivity contribution is -0.113. The highest BCUT2D eigenvalue weighted by molar-refractivity contribution is 7.80. The van der Waals surface area contributed by atoms with Crippen LogP contribution in [0.1, 0.15) is 35.0 Å². The van der Waals surface area contributed by atoms with Crippen LogP contribution in [0.2, 0.25) is 0 Å². The van der Waals surface area contributed by atoms with Crippen molar-refractivity contribution in [2.24, 2.45) is 0 Å². The number of hydrogen-bond acceptors (Lipinski definition) is 4. The Morgan fingerprint density at radius 2 is 2.17 bits per heavy atom. The molecule has 0 bridgehead atoms. The molecular formula is C17H15N3OS2. The molecule has 0 radical (unpaired) electrons. The third kappa shape index (κ3) is 2.68. The van der Waals surface area contributed by atoms with Crippen molar-refractivity contribution >= 4 is 46.3 Å². The van der Waals surface area contributed by atoms with Gasteiger partial charge in [-0.05, 0) is 49.7 Å². The zero-order valence-corrected chi connectivity index (χ0v) is 14.2. The van der Waals surface area contributed by atoms with Crippen molar-refractivity contribution in [1.82, 2.24) is 10.3 Å². The lowest BCUT2D eigenvalue weighted by Gasteiger charge is -2.16. The molecule has 2 aliphatic rings. The van der Waals surface area contributed by atoms with E-state index in [2.05, 4.69) is 10.3 Å². The molecule has 1 saturated carbocycles. The van der Waals surface area contributed by atoms with E-state index in [1.54, 1.807) is 22.3 Å². The van der Waals surface area contributed by atoms with E-state index in [9.17, 15) is 4.79 Å². The number of aromatic nitrogens is 1. The van der Waals surface area contributed by atoms with Crippen LogP contribution in [-0.2, 0) is 4.79 Å². The average Bonchev–Trinajstić information content (AvgIpc) is 3.22. The molecule has 6 heteroatoms. The Morgan fingerprint density at radius 3 is 2.91 bits per heavy atom. The van der Waals surface area contributed by atoms with E-state index in [4.69, 9.17) is 12.2 Å². The zero-order valence-electron chi connectivity index (χ0n) is 12.6. The van der Waals surface area contributed by atoms with Gasteiger partial charge in [0, 0.05) is 11.3 Å². The Hall–Kier alpha value is -2.05. The molecule has 23 heavy (non-hydrogen) atoms. The smallest absolute Gasteiger partial charge is 0.281 e. The largest absolute Gasteiger partial charge is 0.327 e. The number of thiocarbonyl (C=S) groups is 1. The number of nitrogens with zero attached hydrogens (tertiary/aromatic N) is 2. The number of hydrogen-bond donors (Lipinski definition) is 1. The molecule has 4 nitrogen and oxygen atoms in total. The number of thiazole rings is 1. The summed E-state index contributed by atoms with van der Waals surface area (Å²) in [4.78, 5) is 18.9. The van der Waals surface area contributed by atoms with Crippen LogP contribution in [0.15, 0.2) is 35.3 Å². The van der Waals surface area contributed by atoms with Gasteiger partial charge in [0.25, 0.3) is 5.91 Å². The molecule has 2 heterocycles. The van der Waals surface area contributed by atoms with E-state index >= 15 is 0 Å². The third-order valence-electron chi connectivity index (χ3n) is 3.99. The molecule has 0 spiro atoms. The van der Waals surface area contributed by atoms with Crippen LogP contribution in [0.3, 0.4) is 0 Å². The van der Waals surface area contributed by atoms with Crippen LogP contribution in [0.4, 0.5) is 5.69 Å². The van der Waals surface area contributed by atoms with Crippen LogP contribution in [0.25, 0.3) is 6.08 Å². The summed E-state index contributed by atoms with van der Waals surface area (Å²) in [7, 11) is 0. The van der Waals surface area contributed by atoms with Gasteiger partial charge >= 0.3 is 0 Å². The Labute approximate surface area is 143 Å². The second-order valence-corrected chi connectivity index (χ2v) is 7.08. The zero-order chi connectivity index (χ0) is 16.0. The Kier molecular flexibility index (Phi) is 3.50. The first-order valence-corrected chi connectivity index (χ1v) is 8.80. The van der Waals surface area contributed by atoms with Crippen molar-refractivity contribution in [2.75, 3.05) is 4.90 Å². The molecule has 1 saturated heterocycles. The molecule has 1 aromatic heterocycles. The summed E-state index contributed by atoms with van der Waals surface area (Å²) in [5.74, 6) is 0.495. The van der Waals surface area contributed by atoms with E-state index in [1.807, 2.05) is 36.6 Å².